The number of nitrogens with zero attached hydrogens (tertiary/aromatic N) is 1. The van der Waals surface area contributed by atoms with E-state index in [1.54, 1.807) is 0 Å². The van der Waals surface area contributed by atoms with Crippen molar-refractivity contribution in [1.82, 2.24) is 4.98 Å². The van der Waals surface area contributed by atoms with Gasteiger partial charge in [-0.25, -0.2) is 0 Å². The van der Waals surface area contributed by atoms with E-state index >= 15 is 0 Å². The lowest BCUT2D eigenvalue weighted by Crippen LogP contribution is -2.41. The van der Waals surface area contributed by atoms with Crippen LogP contribution in [0.5, 0.6) is 0 Å². The van der Waals surface area contributed by atoms with Gasteiger partial charge in [-0.2, -0.15) is 0 Å². The maximum absolute atomic E-state index is 5.94. The maximum Gasteiger partial charge on any atom is 0.487 e. The Labute approximate surface area is 126 Å². The van der Waals surface area contributed by atoms with E-state index in [1.165, 1.54) is 0 Å². The van der Waals surface area contributed by atoms with Gasteiger partial charge < -0.3 is 9.31 Å². The average molecular weight is 281 g/mol. The summed E-state index contributed by atoms with van der Waals surface area (Å²) < 4.78 is 11.9. The fourth-order valence-electron chi connectivity index (χ4n) is 2.34. The summed E-state index contributed by atoms with van der Waals surface area (Å²) in [5.41, 5.74) is 1.45. The fourth-order valence-corrected chi connectivity index (χ4v) is 2.34. The molecule has 0 unspecified atom stereocenters. The van der Waals surface area contributed by atoms with Gasteiger partial charge in [-0.15, -0.1) is 0 Å². The van der Waals surface area contributed by atoms with Gasteiger partial charge in [0.25, 0.3) is 0 Å². The minimum absolute atomic E-state index is 0.302. The molecular formula is C17H20BNO2. The first-order valence-electron chi connectivity index (χ1n) is 7.26. The molecule has 0 radical (unpaired) electrons. The second-order valence-corrected chi connectivity index (χ2v) is 6.45. The van der Waals surface area contributed by atoms with Crippen LogP contribution in [0.1, 0.15) is 33.3 Å². The third-order valence-corrected chi connectivity index (χ3v) is 4.33. The summed E-state index contributed by atoms with van der Waals surface area (Å²) in [5, 5.41) is 1.13. The largest absolute Gasteiger partial charge is 0.487 e. The Morgan fingerprint density at radius 3 is 2.43 bits per heavy atom. The molecule has 0 atom stereocenters. The normalized spacial score (nSPS) is 20.5. The van der Waals surface area contributed by atoms with E-state index in [0.29, 0.717) is 0 Å². The highest BCUT2D eigenvalue weighted by Gasteiger charge is 2.49. The van der Waals surface area contributed by atoms with Crippen molar-refractivity contribution in [2.75, 3.05) is 0 Å². The van der Waals surface area contributed by atoms with Crippen LogP contribution in [0.15, 0.2) is 42.5 Å². The number of hydrogen-bond acceptors (Lipinski definition) is 3. The summed E-state index contributed by atoms with van der Waals surface area (Å²) in [4.78, 5) is 4.45. The summed E-state index contributed by atoms with van der Waals surface area (Å²) in [5.74, 6) is 1.95. The van der Waals surface area contributed by atoms with Gasteiger partial charge in [0, 0.05) is 11.6 Å². The molecule has 3 rings (SSSR count). The van der Waals surface area contributed by atoms with Gasteiger partial charge >= 0.3 is 7.12 Å². The zero-order valence-electron chi connectivity index (χ0n) is 13.0. The predicted molar refractivity (Wildman–Crippen MR) is 86.9 cm³/mol. The second-order valence-electron chi connectivity index (χ2n) is 6.45. The molecule has 1 aromatic carbocycles. The molecule has 0 amide bonds. The fraction of sp³-hybridized carbons (Fsp3) is 0.353. The van der Waals surface area contributed by atoms with Crippen molar-refractivity contribution in [3.05, 3.63) is 48.1 Å². The van der Waals surface area contributed by atoms with Gasteiger partial charge in [0.15, 0.2) is 0 Å². The van der Waals surface area contributed by atoms with Gasteiger partial charge in [-0.3, -0.25) is 4.98 Å². The smallest absolute Gasteiger partial charge is 0.400 e. The van der Waals surface area contributed by atoms with Crippen LogP contribution >= 0.6 is 0 Å². The van der Waals surface area contributed by atoms with E-state index in [1.807, 2.05) is 36.4 Å². The summed E-state index contributed by atoms with van der Waals surface area (Å²) in [7, 11) is -0.318. The third kappa shape index (κ3) is 2.74. The molecule has 1 aliphatic heterocycles. The Morgan fingerprint density at radius 2 is 1.71 bits per heavy atom. The minimum atomic E-state index is -0.318. The van der Waals surface area contributed by atoms with Crippen molar-refractivity contribution in [1.29, 1.82) is 0 Å². The summed E-state index contributed by atoms with van der Waals surface area (Å²) in [6.07, 6.45) is 3.87. The summed E-state index contributed by atoms with van der Waals surface area (Å²) in [6, 6.07) is 10.2. The number of benzene rings is 1. The quantitative estimate of drug-likeness (QED) is 0.783. The predicted octanol–water partition coefficient (Wildman–Crippen LogP) is 3.88. The van der Waals surface area contributed by atoms with Crippen molar-refractivity contribution in [2.24, 2.45) is 0 Å². The van der Waals surface area contributed by atoms with Crippen LogP contribution in [-0.2, 0) is 9.31 Å². The molecule has 0 aliphatic carbocycles. The summed E-state index contributed by atoms with van der Waals surface area (Å²) in [6.45, 7) is 8.22. The van der Waals surface area contributed by atoms with Crippen LogP contribution in [0.3, 0.4) is 0 Å². The molecule has 21 heavy (non-hydrogen) atoms. The highest BCUT2D eigenvalue weighted by Crippen LogP contribution is 2.37. The Bertz CT molecular complexity index is 678. The minimum Gasteiger partial charge on any atom is -0.400 e. The van der Waals surface area contributed by atoms with Crippen LogP contribution in [0.2, 0.25) is 0 Å². The summed E-state index contributed by atoms with van der Waals surface area (Å²) >= 11 is 0. The number of para-hydroxylation sites is 1. The molecule has 1 aromatic heterocycles. The Balaban J connectivity index is 1.79. The molecule has 1 saturated heterocycles. The molecule has 1 aliphatic rings. The maximum atomic E-state index is 5.94. The van der Waals surface area contributed by atoms with Crippen molar-refractivity contribution < 1.29 is 9.31 Å². The van der Waals surface area contributed by atoms with Gasteiger partial charge in [0.1, 0.15) is 0 Å². The molecule has 2 heterocycles. The van der Waals surface area contributed by atoms with E-state index in [4.69, 9.17) is 9.31 Å². The van der Waals surface area contributed by atoms with Gasteiger partial charge in [-0.1, -0.05) is 30.3 Å². The first kappa shape index (κ1) is 14.3. The molecule has 0 spiro atoms. The van der Waals surface area contributed by atoms with Crippen molar-refractivity contribution in [3.8, 4) is 0 Å². The molecule has 0 saturated carbocycles. The zero-order valence-corrected chi connectivity index (χ0v) is 13.0. The molecule has 2 aromatic rings. The van der Waals surface area contributed by atoms with Gasteiger partial charge in [-0.05, 0) is 45.4 Å². The van der Waals surface area contributed by atoms with Crippen molar-refractivity contribution >= 4 is 24.1 Å². The molecule has 0 N–H and O–H groups in total. The first-order valence-corrected chi connectivity index (χ1v) is 7.26. The number of rotatable bonds is 2. The van der Waals surface area contributed by atoms with Crippen LogP contribution in [0.25, 0.3) is 17.0 Å². The first-order chi connectivity index (χ1) is 9.87. The van der Waals surface area contributed by atoms with Crippen molar-refractivity contribution in [2.45, 2.75) is 38.9 Å². The SMILES string of the molecule is CC1(C)OB(/C=C/c2cnc3ccccc3c2)OC1(C)C. The average Bonchev–Trinajstić information content (AvgIpc) is 2.64. The highest BCUT2D eigenvalue weighted by atomic mass is 16.7. The highest BCUT2D eigenvalue weighted by molar-refractivity contribution is 6.52. The van der Waals surface area contributed by atoms with E-state index in [0.717, 1.165) is 16.5 Å². The van der Waals surface area contributed by atoms with E-state index in [9.17, 15) is 0 Å². The zero-order chi connectivity index (χ0) is 15.1. The molecule has 1 fully saturated rings. The molecular weight excluding hydrogens is 261 g/mol. The Morgan fingerprint density at radius 1 is 1.05 bits per heavy atom. The third-order valence-electron chi connectivity index (χ3n) is 4.33. The Kier molecular flexibility index (Phi) is 3.38. The van der Waals surface area contributed by atoms with Crippen LogP contribution < -0.4 is 0 Å². The van der Waals surface area contributed by atoms with Crippen LogP contribution in [0, 0.1) is 0 Å². The molecule has 0 bridgehead atoms. The van der Waals surface area contributed by atoms with E-state index < -0.39 is 0 Å². The van der Waals surface area contributed by atoms with Crippen LogP contribution in [0.4, 0.5) is 0 Å². The molecule has 3 nitrogen and oxygen atoms in total. The van der Waals surface area contributed by atoms with Crippen LogP contribution in [-0.4, -0.2) is 23.3 Å². The number of fused-ring (bicyclic) bond motifs is 1. The standard InChI is InChI=1S/C17H20BNO2/c1-16(2)17(3,4)21-18(20-16)10-9-13-11-14-7-5-6-8-15(14)19-12-13/h5-12H,1-4H3/b10-9+. The van der Waals surface area contributed by atoms with Crippen molar-refractivity contribution in [3.63, 3.8) is 0 Å². The second kappa shape index (κ2) is 4.97. The lowest BCUT2D eigenvalue weighted by molar-refractivity contribution is 0.00578. The lowest BCUT2D eigenvalue weighted by Gasteiger charge is -2.32. The monoisotopic (exact) mass is 281 g/mol. The lowest BCUT2D eigenvalue weighted by atomic mass is 9.89. The Hall–Kier alpha value is -1.65. The topological polar surface area (TPSA) is 31.4 Å². The number of aromatic nitrogens is 1. The molecule has 108 valence electrons. The van der Waals surface area contributed by atoms with Gasteiger partial charge in [0.05, 0.1) is 16.7 Å². The van der Waals surface area contributed by atoms with E-state index in [2.05, 4.69) is 44.8 Å². The van der Waals surface area contributed by atoms with E-state index in [-0.39, 0.29) is 18.3 Å². The van der Waals surface area contributed by atoms with Gasteiger partial charge in [0.2, 0.25) is 0 Å². The number of pyridine rings is 1. The molecule has 4 heteroatoms. The number of hydrogen-bond donors (Lipinski definition) is 0.